The minimum absolute atomic E-state index is 0. The van der Waals surface area contributed by atoms with Gasteiger partial charge in [0.25, 0.3) is 0 Å². The number of fused-ring (bicyclic) bond motifs is 1. The largest absolute Gasteiger partial charge is 0.497 e. The average Bonchev–Trinajstić information content (AvgIpc) is 3.10. The smallest absolute Gasteiger partial charge is 0.335 e. The molecule has 1 heterocycles. The van der Waals surface area contributed by atoms with E-state index in [4.69, 9.17) is 9.47 Å². The van der Waals surface area contributed by atoms with E-state index in [-0.39, 0.29) is 13.0 Å². The van der Waals surface area contributed by atoms with E-state index < -0.39 is 5.97 Å². The second kappa shape index (κ2) is 9.21. The Kier molecular flexibility index (Phi) is 6.45. The molecular weight excluding hydrogens is 394 g/mol. The lowest BCUT2D eigenvalue weighted by Crippen LogP contribution is -2.06. The standard InChI is InChI=1S/C23H21N3O4.CH4/c1-29-18-10-8-17(9-11-18)24-23-25-19-13-15(22(27)28)7-12-20(19)26(23)14-16-5-3-4-6-21(16)30-2;/h3-13H,14H2,1-2H3,(H,24,25)(H,27,28);1H4. The summed E-state index contributed by atoms with van der Waals surface area (Å²) in [5.74, 6) is 1.15. The van der Waals surface area contributed by atoms with Gasteiger partial charge in [-0.25, -0.2) is 9.78 Å². The fraction of sp³-hybridized carbons (Fsp3) is 0.167. The summed E-state index contributed by atoms with van der Waals surface area (Å²) >= 11 is 0. The van der Waals surface area contributed by atoms with Gasteiger partial charge in [0.15, 0.2) is 0 Å². The molecule has 0 bridgehead atoms. The van der Waals surface area contributed by atoms with E-state index in [2.05, 4.69) is 10.3 Å². The van der Waals surface area contributed by atoms with Gasteiger partial charge in [0.2, 0.25) is 5.95 Å². The Morgan fingerprint density at radius 2 is 1.77 bits per heavy atom. The number of nitrogens with zero attached hydrogens (tertiary/aromatic N) is 2. The van der Waals surface area contributed by atoms with Crippen LogP contribution in [0.1, 0.15) is 23.3 Å². The molecule has 0 saturated heterocycles. The zero-order valence-corrected chi connectivity index (χ0v) is 16.6. The van der Waals surface area contributed by atoms with Crippen LogP contribution in [0, 0.1) is 0 Å². The number of anilines is 2. The van der Waals surface area contributed by atoms with E-state index in [0.717, 1.165) is 28.3 Å². The van der Waals surface area contributed by atoms with Crippen molar-refractivity contribution in [1.29, 1.82) is 0 Å². The van der Waals surface area contributed by atoms with E-state index in [0.29, 0.717) is 18.0 Å². The van der Waals surface area contributed by atoms with Crippen LogP contribution in [-0.2, 0) is 6.54 Å². The fourth-order valence-electron chi connectivity index (χ4n) is 3.33. The molecule has 3 aromatic carbocycles. The summed E-state index contributed by atoms with van der Waals surface area (Å²) in [7, 11) is 3.26. The zero-order chi connectivity index (χ0) is 21.1. The lowest BCUT2D eigenvalue weighted by Gasteiger charge is -2.13. The summed E-state index contributed by atoms with van der Waals surface area (Å²) in [6.07, 6.45) is 0. The molecular formula is C24H25N3O4. The van der Waals surface area contributed by atoms with Gasteiger partial charge in [-0.15, -0.1) is 0 Å². The van der Waals surface area contributed by atoms with Gasteiger partial charge in [-0.3, -0.25) is 0 Å². The number of benzene rings is 3. The van der Waals surface area contributed by atoms with E-state index in [1.54, 1.807) is 32.4 Å². The molecule has 0 saturated carbocycles. The van der Waals surface area contributed by atoms with Crippen molar-refractivity contribution in [2.75, 3.05) is 19.5 Å². The molecule has 0 amide bonds. The third-order valence-corrected chi connectivity index (χ3v) is 4.86. The van der Waals surface area contributed by atoms with Crippen molar-refractivity contribution >= 4 is 28.6 Å². The van der Waals surface area contributed by atoms with Gasteiger partial charge in [-0.2, -0.15) is 0 Å². The second-order valence-corrected chi connectivity index (χ2v) is 6.70. The van der Waals surface area contributed by atoms with Gasteiger partial charge >= 0.3 is 5.97 Å². The number of ether oxygens (including phenoxy) is 2. The molecule has 0 unspecified atom stereocenters. The van der Waals surface area contributed by atoms with Crippen LogP contribution in [-0.4, -0.2) is 34.8 Å². The van der Waals surface area contributed by atoms with Crippen molar-refractivity contribution in [3.05, 3.63) is 77.9 Å². The van der Waals surface area contributed by atoms with Crippen LogP contribution in [0.3, 0.4) is 0 Å². The third-order valence-electron chi connectivity index (χ3n) is 4.86. The Morgan fingerprint density at radius 1 is 1.03 bits per heavy atom. The monoisotopic (exact) mass is 419 g/mol. The lowest BCUT2D eigenvalue weighted by atomic mass is 10.2. The molecule has 7 nitrogen and oxygen atoms in total. The number of imidazole rings is 1. The van der Waals surface area contributed by atoms with E-state index in [9.17, 15) is 9.90 Å². The first-order valence-electron chi connectivity index (χ1n) is 9.35. The number of carboxylic acids is 1. The molecule has 31 heavy (non-hydrogen) atoms. The van der Waals surface area contributed by atoms with Crippen molar-refractivity contribution in [3.63, 3.8) is 0 Å². The SMILES string of the molecule is C.COc1ccc(Nc2nc3cc(C(=O)O)ccc3n2Cc2ccccc2OC)cc1. The first-order chi connectivity index (χ1) is 14.6. The van der Waals surface area contributed by atoms with Gasteiger partial charge < -0.3 is 24.5 Å². The topological polar surface area (TPSA) is 85.6 Å². The Bertz CT molecular complexity index is 1200. The number of nitrogens with one attached hydrogen (secondary N) is 1. The molecule has 0 radical (unpaired) electrons. The molecule has 1 aromatic heterocycles. The Hall–Kier alpha value is -4.00. The molecule has 0 spiro atoms. The number of rotatable bonds is 7. The highest BCUT2D eigenvalue weighted by atomic mass is 16.5. The Balaban J connectivity index is 0.00000272. The first-order valence-corrected chi connectivity index (χ1v) is 9.35. The first kappa shape index (κ1) is 21.7. The summed E-state index contributed by atoms with van der Waals surface area (Å²) in [6, 6.07) is 20.2. The minimum Gasteiger partial charge on any atom is -0.497 e. The Labute approximate surface area is 180 Å². The van der Waals surface area contributed by atoms with Gasteiger partial charge in [0, 0.05) is 11.3 Å². The van der Waals surface area contributed by atoms with Crippen LogP contribution < -0.4 is 14.8 Å². The minimum atomic E-state index is -0.985. The number of methoxy groups -OCH3 is 2. The van der Waals surface area contributed by atoms with Crippen molar-refractivity contribution in [3.8, 4) is 11.5 Å². The predicted molar refractivity (Wildman–Crippen MR) is 122 cm³/mol. The summed E-state index contributed by atoms with van der Waals surface area (Å²) in [6.45, 7) is 0.505. The van der Waals surface area contributed by atoms with Gasteiger partial charge in [0.1, 0.15) is 11.5 Å². The summed E-state index contributed by atoms with van der Waals surface area (Å²) < 4.78 is 12.7. The van der Waals surface area contributed by atoms with Crippen LogP contribution in [0.4, 0.5) is 11.6 Å². The number of carbonyl (C=O) groups is 1. The highest BCUT2D eigenvalue weighted by Crippen LogP contribution is 2.28. The highest BCUT2D eigenvalue weighted by Gasteiger charge is 2.15. The molecule has 4 rings (SSSR count). The van der Waals surface area contributed by atoms with Crippen LogP contribution in [0.5, 0.6) is 11.5 Å². The van der Waals surface area contributed by atoms with Crippen molar-refractivity contribution in [1.82, 2.24) is 9.55 Å². The van der Waals surface area contributed by atoms with Crippen molar-refractivity contribution < 1.29 is 19.4 Å². The molecule has 2 N–H and O–H groups in total. The van der Waals surface area contributed by atoms with Crippen molar-refractivity contribution in [2.24, 2.45) is 0 Å². The quantitative estimate of drug-likeness (QED) is 0.429. The summed E-state index contributed by atoms with van der Waals surface area (Å²) in [4.78, 5) is 16.0. The molecule has 0 aliphatic carbocycles. The predicted octanol–water partition coefficient (Wildman–Crippen LogP) is 5.18. The highest BCUT2D eigenvalue weighted by molar-refractivity contribution is 5.93. The molecule has 0 atom stereocenters. The van der Waals surface area contributed by atoms with Crippen LogP contribution in [0.15, 0.2) is 66.7 Å². The van der Waals surface area contributed by atoms with E-state index in [1.165, 1.54) is 0 Å². The number of carboxylic acid groups (broad SMARTS) is 1. The van der Waals surface area contributed by atoms with E-state index >= 15 is 0 Å². The lowest BCUT2D eigenvalue weighted by molar-refractivity contribution is 0.0697. The van der Waals surface area contributed by atoms with Gasteiger partial charge in [-0.1, -0.05) is 25.6 Å². The number of hydrogen-bond donors (Lipinski definition) is 2. The molecule has 0 aliphatic rings. The van der Waals surface area contributed by atoms with Crippen LogP contribution in [0.2, 0.25) is 0 Å². The fourth-order valence-corrected chi connectivity index (χ4v) is 3.33. The number of hydrogen-bond acceptors (Lipinski definition) is 5. The number of para-hydroxylation sites is 1. The maximum atomic E-state index is 11.4. The van der Waals surface area contributed by atoms with Crippen LogP contribution >= 0.6 is 0 Å². The van der Waals surface area contributed by atoms with Gasteiger partial charge in [0.05, 0.1) is 37.4 Å². The van der Waals surface area contributed by atoms with Gasteiger partial charge in [-0.05, 0) is 48.5 Å². The summed E-state index contributed by atoms with van der Waals surface area (Å²) in [5, 5.41) is 12.7. The maximum Gasteiger partial charge on any atom is 0.335 e. The van der Waals surface area contributed by atoms with Crippen molar-refractivity contribution in [2.45, 2.75) is 14.0 Å². The van der Waals surface area contributed by atoms with E-state index in [1.807, 2.05) is 53.1 Å². The normalized spacial score (nSPS) is 10.4. The third kappa shape index (κ3) is 4.45. The molecule has 7 heteroatoms. The number of aromatic nitrogens is 2. The average molecular weight is 419 g/mol. The zero-order valence-electron chi connectivity index (χ0n) is 16.6. The maximum absolute atomic E-state index is 11.4. The summed E-state index contributed by atoms with van der Waals surface area (Å²) in [5.41, 5.74) is 3.44. The van der Waals surface area contributed by atoms with Crippen LogP contribution in [0.25, 0.3) is 11.0 Å². The number of aromatic carboxylic acids is 1. The Morgan fingerprint density at radius 3 is 2.45 bits per heavy atom. The molecule has 0 fully saturated rings. The second-order valence-electron chi connectivity index (χ2n) is 6.70. The molecule has 160 valence electrons. The molecule has 0 aliphatic heterocycles. The molecule has 4 aromatic rings.